The number of hydrogen-bond donors (Lipinski definition) is 1. The van der Waals surface area contributed by atoms with E-state index in [-0.39, 0.29) is 12.5 Å². The molecule has 6 heteroatoms. The van der Waals surface area contributed by atoms with Crippen LogP contribution in [0.4, 0.5) is 5.69 Å². The molecule has 1 N–H and O–H groups in total. The van der Waals surface area contributed by atoms with E-state index in [1.165, 1.54) is 17.4 Å². The van der Waals surface area contributed by atoms with Gasteiger partial charge in [-0.15, -0.1) is 11.3 Å². The van der Waals surface area contributed by atoms with Gasteiger partial charge in [0.15, 0.2) is 6.61 Å². The SMILES string of the molecule is CCc1cccc(C)c1NC(=O)COC(=O)/C=C/c1ccc(Br)s1. The Kier molecular flexibility index (Phi) is 6.75. The van der Waals surface area contributed by atoms with Crippen molar-refractivity contribution in [1.29, 1.82) is 0 Å². The van der Waals surface area contributed by atoms with E-state index in [9.17, 15) is 9.59 Å². The second-order valence-corrected chi connectivity index (χ2v) is 7.59. The van der Waals surface area contributed by atoms with Crippen LogP contribution in [0.25, 0.3) is 6.08 Å². The van der Waals surface area contributed by atoms with Crippen molar-refractivity contribution in [3.8, 4) is 0 Å². The van der Waals surface area contributed by atoms with Gasteiger partial charge in [0.25, 0.3) is 5.91 Å². The topological polar surface area (TPSA) is 55.4 Å². The fraction of sp³-hybridized carbons (Fsp3) is 0.222. The van der Waals surface area contributed by atoms with Crippen LogP contribution in [0.3, 0.4) is 0 Å². The first-order chi connectivity index (χ1) is 11.5. The van der Waals surface area contributed by atoms with Crippen molar-refractivity contribution in [2.45, 2.75) is 20.3 Å². The van der Waals surface area contributed by atoms with Gasteiger partial charge in [0.2, 0.25) is 0 Å². The molecule has 1 amide bonds. The summed E-state index contributed by atoms with van der Waals surface area (Å²) >= 11 is 4.86. The highest BCUT2D eigenvalue weighted by Crippen LogP contribution is 2.23. The highest BCUT2D eigenvalue weighted by Gasteiger charge is 2.10. The third kappa shape index (κ3) is 5.32. The zero-order chi connectivity index (χ0) is 17.5. The molecule has 1 aromatic carbocycles. The molecule has 0 aliphatic heterocycles. The fourth-order valence-corrected chi connectivity index (χ4v) is 3.46. The number of nitrogens with one attached hydrogen (secondary N) is 1. The number of esters is 1. The van der Waals surface area contributed by atoms with Gasteiger partial charge in [0.05, 0.1) is 3.79 Å². The molecule has 0 saturated carbocycles. The Labute approximate surface area is 153 Å². The molecule has 0 spiro atoms. The Morgan fingerprint density at radius 2 is 2.08 bits per heavy atom. The Bertz CT molecular complexity index is 767. The number of hydrogen-bond acceptors (Lipinski definition) is 4. The molecular weight excluding hydrogens is 390 g/mol. The van der Waals surface area contributed by atoms with E-state index in [4.69, 9.17) is 4.74 Å². The predicted molar refractivity (Wildman–Crippen MR) is 101 cm³/mol. The molecule has 2 aromatic rings. The lowest BCUT2D eigenvalue weighted by Crippen LogP contribution is -2.21. The smallest absolute Gasteiger partial charge is 0.331 e. The summed E-state index contributed by atoms with van der Waals surface area (Å²) in [6.07, 6.45) is 3.79. The van der Waals surface area contributed by atoms with Crippen molar-refractivity contribution in [2.75, 3.05) is 11.9 Å². The minimum Gasteiger partial charge on any atom is -0.452 e. The zero-order valence-electron chi connectivity index (χ0n) is 13.5. The molecule has 0 fully saturated rings. The standard InChI is InChI=1S/C18H18BrNO3S/c1-3-13-6-4-5-12(2)18(13)20-16(21)11-23-17(22)10-8-14-7-9-15(19)24-14/h4-10H,3,11H2,1-2H3,(H,20,21)/b10-8+. The van der Waals surface area contributed by atoms with Crippen molar-refractivity contribution >= 4 is 50.9 Å². The van der Waals surface area contributed by atoms with Gasteiger partial charge in [0, 0.05) is 16.6 Å². The van der Waals surface area contributed by atoms with E-state index < -0.39 is 5.97 Å². The maximum absolute atomic E-state index is 12.0. The van der Waals surface area contributed by atoms with Crippen LogP contribution >= 0.6 is 27.3 Å². The van der Waals surface area contributed by atoms with Crippen LogP contribution in [0.1, 0.15) is 22.9 Å². The first kappa shape index (κ1) is 18.4. The number of carbonyl (C=O) groups excluding carboxylic acids is 2. The lowest BCUT2D eigenvalue weighted by molar-refractivity contribution is -0.142. The summed E-state index contributed by atoms with van der Waals surface area (Å²) in [4.78, 5) is 24.6. The van der Waals surface area contributed by atoms with E-state index in [1.54, 1.807) is 6.08 Å². The minimum atomic E-state index is -0.546. The number of anilines is 1. The van der Waals surface area contributed by atoms with E-state index in [1.807, 2.05) is 44.2 Å². The third-order valence-electron chi connectivity index (χ3n) is 3.33. The monoisotopic (exact) mass is 407 g/mol. The molecule has 0 aliphatic carbocycles. The van der Waals surface area contributed by atoms with Crippen LogP contribution in [0.15, 0.2) is 40.2 Å². The summed E-state index contributed by atoms with van der Waals surface area (Å²) in [7, 11) is 0. The normalized spacial score (nSPS) is 10.8. The maximum atomic E-state index is 12.0. The van der Waals surface area contributed by atoms with Gasteiger partial charge in [-0.2, -0.15) is 0 Å². The first-order valence-electron chi connectivity index (χ1n) is 7.48. The molecule has 1 heterocycles. The molecule has 0 atom stereocenters. The second-order valence-electron chi connectivity index (χ2n) is 5.09. The molecule has 126 valence electrons. The Morgan fingerprint density at radius 1 is 1.29 bits per heavy atom. The van der Waals surface area contributed by atoms with Crippen LogP contribution in [-0.4, -0.2) is 18.5 Å². The second kappa shape index (κ2) is 8.80. The number of amides is 1. The Hall–Kier alpha value is -1.92. The fourth-order valence-electron chi connectivity index (χ4n) is 2.13. The molecule has 0 radical (unpaired) electrons. The van der Waals surface area contributed by atoms with Crippen molar-refractivity contribution in [3.05, 3.63) is 56.2 Å². The highest BCUT2D eigenvalue weighted by atomic mass is 79.9. The lowest BCUT2D eigenvalue weighted by Gasteiger charge is -2.12. The van der Waals surface area contributed by atoms with Gasteiger partial charge < -0.3 is 10.1 Å². The van der Waals surface area contributed by atoms with E-state index in [0.717, 1.165) is 31.9 Å². The number of ether oxygens (including phenoxy) is 1. The average Bonchev–Trinajstić information content (AvgIpc) is 2.98. The van der Waals surface area contributed by atoms with E-state index >= 15 is 0 Å². The van der Waals surface area contributed by atoms with Gasteiger partial charge in [-0.3, -0.25) is 4.79 Å². The Balaban J connectivity index is 1.87. The molecule has 24 heavy (non-hydrogen) atoms. The van der Waals surface area contributed by atoms with Gasteiger partial charge in [0.1, 0.15) is 0 Å². The van der Waals surface area contributed by atoms with Crippen molar-refractivity contribution in [2.24, 2.45) is 0 Å². The minimum absolute atomic E-state index is 0.311. The summed E-state index contributed by atoms with van der Waals surface area (Å²) in [6.45, 7) is 3.65. The largest absolute Gasteiger partial charge is 0.452 e. The molecular formula is C18H18BrNO3S. The summed E-state index contributed by atoms with van der Waals surface area (Å²) in [5.41, 5.74) is 2.83. The summed E-state index contributed by atoms with van der Waals surface area (Å²) in [5, 5.41) is 2.82. The molecule has 0 unspecified atom stereocenters. The van der Waals surface area contributed by atoms with Crippen molar-refractivity contribution in [3.63, 3.8) is 0 Å². The lowest BCUT2D eigenvalue weighted by atomic mass is 10.1. The van der Waals surface area contributed by atoms with Gasteiger partial charge >= 0.3 is 5.97 Å². The molecule has 0 bridgehead atoms. The Morgan fingerprint density at radius 3 is 2.75 bits per heavy atom. The van der Waals surface area contributed by atoms with E-state index in [2.05, 4.69) is 21.2 Å². The summed E-state index contributed by atoms with van der Waals surface area (Å²) < 4.78 is 5.96. The van der Waals surface area contributed by atoms with Crippen LogP contribution in [0, 0.1) is 6.92 Å². The van der Waals surface area contributed by atoms with Crippen LogP contribution in [0.2, 0.25) is 0 Å². The van der Waals surface area contributed by atoms with Crippen LogP contribution in [0.5, 0.6) is 0 Å². The summed E-state index contributed by atoms with van der Waals surface area (Å²) in [6, 6.07) is 9.64. The number of rotatable bonds is 6. The molecule has 4 nitrogen and oxygen atoms in total. The van der Waals surface area contributed by atoms with E-state index in [0.29, 0.717) is 0 Å². The van der Waals surface area contributed by atoms with Gasteiger partial charge in [-0.25, -0.2) is 4.79 Å². The zero-order valence-corrected chi connectivity index (χ0v) is 15.9. The van der Waals surface area contributed by atoms with Crippen LogP contribution in [-0.2, 0) is 20.7 Å². The highest BCUT2D eigenvalue weighted by molar-refractivity contribution is 9.11. The quantitative estimate of drug-likeness (QED) is 0.563. The van der Waals surface area contributed by atoms with Gasteiger partial charge in [-0.1, -0.05) is 25.1 Å². The average molecular weight is 408 g/mol. The predicted octanol–water partition coefficient (Wildman–Crippen LogP) is 4.58. The number of para-hydroxylation sites is 1. The third-order valence-corrected chi connectivity index (χ3v) is 4.92. The first-order valence-corrected chi connectivity index (χ1v) is 9.09. The number of thiophene rings is 1. The number of benzene rings is 1. The summed E-state index contributed by atoms with van der Waals surface area (Å²) in [5.74, 6) is -0.894. The molecule has 0 aliphatic rings. The number of halogens is 1. The van der Waals surface area contributed by atoms with Crippen molar-refractivity contribution in [1.82, 2.24) is 0 Å². The number of carbonyl (C=O) groups is 2. The number of aryl methyl sites for hydroxylation is 2. The molecule has 2 rings (SSSR count). The van der Waals surface area contributed by atoms with Gasteiger partial charge in [-0.05, 0) is 58.6 Å². The molecule has 0 saturated heterocycles. The van der Waals surface area contributed by atoms with Crippen LogP contribution < -0.4 is 5.32 Å². The van der Waals surface area contributed by atoms with Crippen molar-refractivity contribution < 1.29 is 14.3 Å². The maximum Gasteiger partial charge on any atom is 0.331 e. The molecule has 1 aromatic heterocycles.